The van der Waals surface area contributed by atoms with Gasteiger partial charge >= 0.3 is 12.2 Å². The van der Waals surface area contributed by atoms with Crippen LogP contribution in [0.5, 0.6) is 0 Å². The Morgan fingerprint density at radius 1 is 1.21 bits per heavy atom. The zero-order valence-electron chi connectivity index (χ0n) is 18.2. The average molecular weight is 478 g/mol. The quantitative estimate of drug-likeness (QED) is 0.283. The summed E-state index contributed by atoms with van der Waals surface area (Å²) in [6.07, 6.45) is -5.12. The van der Waals surface area contributed by atoms with E-state index in [1.807, 2.05) is 35.2 Å². The third kappa shape index (κ3) is 6.04. The van der Waals surface area contributed by atoms with Crippen molar-refractivity contribution in [2.75, 3.05) is 36.5 Å². The predicted octanol–water partition coefficient (Wildman–Crippen LogP) is 2.32. The summed E-state index contributed by atoms with van der Waals surface area (Å²) < 4.78 is 47.0. The predicted molar refractivity (Wildman–Crippen MR) is 120 cm³/mol. The first-order valence-corrected chi connectivity index (χ1v) is 10.6. The molecule has 1 aliphatic carbocycles. The molecule has 4 rings (SSSR count). The first kappa shape index (κ1) is 23.5. The van der Waals surface area contributed by atoms with Crippen LogP contribution in [0.3, 0.4) is 0 Å². The number of aliphatic imine (C=N–C) groups is 2. The average Bonchev–Trinajstić information content (AvgIpc) is 3.14. The van der Waals surface area contributed by atoms with Crippen LogP contribution in [0.4, 0.5) is 24.9 Å². The third-order valence-corrected chi connectivity index (χ3v) is 5.67. The number of rotatable bonds is 9. The molecule has 3 atom stereocenters. The lowest BCUT2D eigenvalue weighted by Crippen LogP contribution is -2.26. The lowest BCUT2D eigenvalue weighted by atomic mass is 10.3. The van der Waals surface area contributed by atoms with E-state index in [0.29, 0.717) is 37.5 Å². The van der Waals surface area contributed by atoms with Gasteiger partial charge in [0.05, 0.1) is 19.6 Å². The summed E-state index contributed by atoms with van der Waals surface area (Å²) in [6, 6.07) is 9.60. The smallest absolute Gasteiger partial charge is 0.381 e. The second-order valence-corrected chi connectivity index (χ2v) is 8.14. The first-order chi connectivity index (χ1) is 16.2. The molecule has 1 aromatic carbocycles. The Kier molecular flexibility index (Phi) is 6.72. The van der Waals surface area contributed by atoms with Gasteiger partial charge in [0.25, 0.3) is 0 Å². The summed E-state index contributed by atoms with van der Waals surface area (Å²) in [6.45, 7) is 5.11. The van der Waals surface area contributed by atoms with Gasteiger partial charge in [0, 0.05) is 18.8 Å². The zero-order valence-corrected chi connectivity index (χ0v) is 18.2. The van der Waals surface area contributed by atoms with Crippen molar-refractivity contribution in [1.82, 2.24) is 10.1 Å². The number of hydrogen-bond acceptors (Lipinski definition) is 7. The van der Waals surface area contributed by atoms with Gasteiger partial charge in [0.2, 0.25) is 11.8 Å². The number of aromatic nitrogens is 2. The molecule has 13 heteroatoms. The summed E-state index contributed by atoms with van der Waals surface area (Å²) in [4.78, 5) is 14.2. The Balaban J connectivity index is 1.25. The lowest BCUT2D eigenvalue weighted by molar-refractivity contribution is -0.145. The summed E-state index contributed by atoms with van der Waals surface area (Å²) >= 11 is 0. The third-order valence-electron chi connectivity index (χ3n) is 5.67. The number of ether oxygens (including phenoxy) is 1. The molecule has 2 fully saturated rings. The van der Waals surface area contributed by atoms with Gasteiger partial charge in [-0.15, -0.1) is 0 Å². The number of nitrogens with one attached hydrogen (secondary N) is 1. The second-order valence-electron chi connectivity index (χ2n) is 8.14. The molecule has 182 valence electrons. The Morgan fingerprint density at radius 3 is 2.59 bits per heavy atom. The molecule has 0 amide bonds. The maximum atomic E-state index is 12.2. The van der Waals surface area contributed by atoms with E-state index in [1.165, 1.54) is 0 Å². The van der Waals surface area contributed by atoms with Crippen LogP contribution in [0.25, 0.3) is 0 Å². The topological polar surface area (TPSA) is 140 Å². The fraction of sp³-hybridized carbons (Fsp3) is 0.429. The summed E-state index contributed by atoms with van der Waals surface area (Å²) in [5.41, 5.74) is 12.5. The highest BCUT2D eigenvalue weighted by atomic mass is 19.4. The van der Waals surface area contributed by atoms with Gasteiger partial charge in [0.15, 0.2) is 5.84 Å². The highest BCUT2D eigenvalue weighted by Crippen LogP contribution is 2.52. The van der Waals surface area contributed by atoms with E-state index < -0.39 is 12.6 Å². The summed E-state index contributed by atoms with van der Waals surface area (Å²) in [5.74, 6) is 1.07. The number of halogens is 3. The van der Waals surface area contributed by atoms with Gasteiger partial charge < -0.3 is 30.9 Å². The number of alkyl halides is 3. The van der Waals surface area contributed by atoms with Crippen LogP contribution in [-0.4, -0.2) is 54.4 Å². The van der Waals surface area contributed by atoms with Crippen molar-refractivity contribution in [3.63, 3.8) is 0 Å². The standard InChI is InChI=1S/C21H25F3N8O2/c1-12(27-13-5-3-2-4-6-13)28-19(26)29-17(25)18-30-20(34-31-18)32-9-14-15(10-32)16(14)11-33-8-7-21(22,23)24/h2-6,14-16,27H,1,7-11H2,(H4,25,26,28,29)/t14-,15+,16+. The van der Waals surface area contributed by atoms with Crippen molar-refractivity contribution in [2.24, 2.45) is 39.2 Å². The number of piperidine rings is 1. The maximum absolute atomic E-state index is 12.2. The van der Waals surface area contributed by atoms with Crippen LogP contribution < -0.4 is 21.7 Å². The number of anilines is 2. The van der Waals surface area contributed by atoms with Gasteiger partial charge in [0.1, 0.15) is 5.82 Å². The molecule has 1 aliphatic heterocycles. The van der Waals surface area contributed by atoms with Crippen molar-refractivity contribution in [1.29, 1.82) is 0 Å². The molecule has 1 saturated heterocycles. The molecule has 2 heterocycles. The molecule has 1 aromatic heterocycles. The van der Waals surface area contributed by atoms with Crippen LogP contribution >= 0.6 is 0 Å². The molecule has 2 aliphatic rings. The van der Waals surface area contributed by atoms with Crippen molar-refractivity contribution in [3.8, 4) is 0 Å². The molecule has 34 heavy (non-hydrogen) atoms. The molecular formula is C21H25F3N8O2. The number of fused-ring (bicyclic) bond motifs is 1. The molecule has 10 nitrogen and oxygen atoms in total. The van der Waals surface area contributed by atoms with E-state index in [-0.39, 0.29) is 36.0 Å². The fourth-order valence-electron chi connectivity index (χ4n) is 3.96. The van der Waals surface area contributed by atoms with E-state index >= 15 is 0 Å². The van der Waals surface area contributed by atoms with Gasteiger partial charge in [-0.25, -0.2) is 0 Å². The number of hydrogen-bond donors (Lipinski definition) is 3. The maximum Gasteiger partial charge on any atom is 0.391 e. The number of benzene rings is 1. The molecule has 1 saturated carbocycles. The van der Waals surface area contributed by atoms with Crippen LogP contribution in [0.2, 0.25) is 0 Å². The lowest BCUT2D eigenvalue weighted by Gasteiger charge is -2.16. The van der Waals surface area contributed by atoms with Crippen molar-refractivity contribution >= 4 is 23.5 Å². The van der Waals surface area contributed by atoms with Crippen molar-refractivity contribution in [2.45, 2.75) is 12.6 Å². The van der Waals surface area contributed by atoms with Crippen molar-refractivity contribution < 1.29 is 22.4 Å². The monoisotopic (exact) mass is 478 g/mol. The Bertz CT molecular complexity index is 1060. The van der Waals surface area contributed by atoms with Gasteiger partial charge in [-0.2, -0.15) is 28.1 Å². The highest BCUT2D eigenvalue weighted by molar-refractivity contribution is 6.02. The van der Waals surface area contributed by atoms with Crippen LogP contribution in [0, 0.1) is 17.8 Å². The number of nitrogens with two attached hydrogens (primary N) is 2. The van der Waals surface area contributed by atoms with Crippen LogP contribution in [0.15, 0.2) is 57.2 Å². The van der Waals surface area contributed by atoms with Crippen molar-refractivity contribution in [3.05, 3.63) is 48.6 Å². The Labute approximate surface area is 193 Å². The van der Waals surface area contributed by atoms with E-state index in [0.717, 1.165) is 5.69 Å². The van der Waals surface area contributed by atoms with Crippen LogP contribution in [-0.2, 0) is 4.74 Å². The van der Waals surface area contributed by atoms with Gasteiger partial charge in [-0.05, 0) is 29.9 Å². The summed E-state index contributed by atoms with van der Waals surface area (Å²) in [5, 5.41) is 6.81. The Morgan fingerprint density at radius 2 is 1.91 bits per heavy atom. The van der Waals surface area contributed by atoms with E-state index in [9.17, 15) is 13.2 Å². The molecule has 5 N–H and O–H groups in total. The molecule has 0 unspecified atom stereocenters. The van der Waals surface area contributed by atoms with Gasteiger partial charge in [-0.1, -0.05) is 29.9 Å². The minimum absolute atomic E-state index is 0.0657. The fourth-order valence-corrected chi connectivity index (χ4v) is 3.96. The summed E-state index contributed by atoms with van der Waals surface area (Å²) in [7, 11) is 0. The number of para-hydroxylation sites is 1. The molecular weight excluding hydrogens is 453 g/mol. The molecule has 2 aromatic rings. The Hall–Kier alpha value is -3.61. The van der Waals surface area contributed by atoms with E-state index in [1.54, 1.807) is 0 Å². The minimum Gasteiger partial charge on any atom is -0.381 e. The van der Waals surface area contributed by atoms with E-state index in [2.05, 4.69) is 32.0 Å². The molecule has 0 bridgehead atoms. The van der Waals surface area contributed by atoms with Gasteiger partial charge in [-0.3, -0.25) is 0 Å². The number of amidine groups is 1. The first-order valence-electron chi connectivity index (χ1n) is 10.6. The van der Waals surface area contributed by atoms with Crippen LogP contribution in [0.1, 0.15) is 12.2 Å². The minimum atomic E-state index is -4.19. The normalized spacial score (nSPS) is 22.6. The second kappa shape index (κ2) is 9.71. The zero-order chi connectivity index (χ0) is 24.3. The highest BCUT2D eigenvalue weighted by Gasteiger charge is 2.56. The molecule has 0 radical (unpaired) electrons. The van der Waals surface area contributed by atoms with E-state index in [4.69, 9.17) is 20.7 Å². The largest absolute Gasteiger partial charge is 0.391 e. The SMILES string of the molecule is C=C(/N=C(N)\N=C(/N)c1noc(N2C[C@@H]3[C@@H](COCCC(F)(F)F)[C@@H]3C2)n1)Nc1ccccc1. The molecule has 0 spiro atoms. The number of nitrogens with zero attached hydrogens (tertiary/aromatic N) is 5. The number of guanidine groups is 1.